The third-order valence-corrected chi connectivity index (χ3v) is 5.79. The molecule has 0 saturated carbocycles. The fraction of sp³-hybridized carbons (Fsp3) is 0.115. The Morgan fingerprint density at radius 1 is 1.00 bits per heavy atom. The van der Waals surface area contributed by atoms with Gasteiger partial charge in [0.1, 0.15) is 11.3 Å². The zero-order valence-electron chi connectivity index (χ0n) is 18.2. The Balaban J connectivity index is 1.64. The van der Waals surface area contributed by atoms with Crippen molar-refractivity contribution in [2.24, 2.45) is 0 Å². The SMILES string of the molecule is Cc1c(-c2ccccc2)oc2c(C(=O)O[C@@H](C)C(=O)Nc3ccc(Cl)cc3Cl)cccc2c1=O. The maximum atomic E-state index is 13.0. The molecule has 0 bridgehead atoms. The van der Waals surface area contributed by atoms with Crippen molar-refractivity contribution >= 4 is 51.7 Å². The quantitative estimate of drug-likeness (QED) is 0.330. The standard InChI is InChI=1S/C26H19Cl2NO5/c1-14-22(30)18-9-6-10-19(24(18)34-23(14)16-7-4-3-5-8-16)26(32)33-15(2)25(31)29-21-12-11-17(27)13-20(21)28/h3-13,15H,1-2H3,(H,29,31)/t15-/m0/s1. The minimum atomic E-state index is -1.15. The van der Waals surface area contributed by atoms with Gasteiger partial charge in [-0.1, -0.05) is 59.6 Å². The second-order valence-electron chi connectivity index (χ2n) is 7.59. The van der Waals surface area contributed by atoms with E-state index in [-0.39, 0.29) is 27.0 Å². The highest BCUT2D eigenvalue weighted by atomic mass is 35.5. The number of ether oxygens (including phenoxy) is 1. The van der Waals surface area contributed by atoms with E-state index in [1.54, 1.807) is 31.2 Å². The van der Waals surface area contributed by atoms with Crippen molar-refractivity contribution in [1.82, 2.24) is 0 Å². The second kappa shape index (κ2) is 9.71. The lowest BCUT2D eigenvalue weighted by atomic mass is 10.0. The van der Waals surface area contributed by atoms with Crippen LogP contribution in [0.2, 0.25) is 10.0 Å². The number of carbonyl (C=O) groups is 2. The van der Waals surface area contributed by atoms with E-state index in [0.717, 1.165) is 0 Å². The molecule has 4 aromatic rings. The first kappa shape index (κ1) is 23.5. The van der Waals surface area contributed by atoms with Gasteiger partial charge in [-0.15, -0.1) is 0 Å². The molecule has 0 saturated heterocycles. The lowest BCUT2D eigenvalue weighted by Crippen LogP contribution is -2.30. The summed E-state index contributed by atoms with van der Waals surface area (Å²) in [5, 5.41) is 3.52. The van der Waals surface area contributed by atoms with E-state index in [1.807, 2.05) is 30.3 Å². The summed E-state index contributed by atoms with van der Waals surface area (Å²) in [6.45, 7) is 3.10. The predicted molar refractivity (Wildman–Crippen MR) is 133 cm³/mol. The first-order valence-electron chi connectivity index (χ1n) is 10.3. The number of fused-ring (bicyclic) bond motifs is 1. The van der Waals surface area contributed by atoms with Gasteiger partial charge in [0.2, 0.25) is 0 Å². The summed E-state index contributed by atoms with van der Waals surface area (Å²) in [6, 6.07) is 18.4. The first-order chi connectivity index (χ1) is 16.3. The monoisotopic (exact) mass is 495 g/mol. The minimum absolute atomic E-state index is 0.0379. The first-order valence-corrected chi connectivity index (χ1v) is 11.1. The molecule has 1 aromatic heterocycles. The molecule has 34 heavy (non-hydrogen) atoms. The smallest absolute Gasteiger partial charge is 0.342 e. The topological polar surface area (TPSA) is 85.6 Å². The minimum Gasteiger partial charge on any atom is -0.455 e. The third kappa shape index (κ3) is 4.69. The Labute approximate surface area is 205 Å². The van der Waals surface area contributed by atoms with Gasteiger partial charge in [-0.2, -0.15) is 0 Å². The van der Waals surface area contributed by atoms with E-state index < -0.39 is 18.0 Å². The number of hydrogen-bond donors (Lipinski definition) is 1. The van der Waals surface area contributed by atoms with Crippen LogP contribution in [0, 0.1) is 6.92 Å². The van der Waals surface area contributed by atoms with E-state index in [0.29, 0.717) is 27.6 Å². The number of halogens is 2. The summed E-state index contributed by atoms with van der Waals surface area (Å²) in [7, 11) is 0. The van der Waals surface area contributed by atoms with Gasteiger partial charge >= 0.3 is 5.97 Å². The number of hydrogen-bond acceptors (Lipinski definition) is 5. The highest BCUT2D eigenvalue weighted by Gasteiger charge is 2.24. The van der Waals surface area contributed by atoms with Crippen LogP contribution in [-0.4, -0.2) is 18.0 Å². The zero-order chi connectivity index (χ0) is 24.4. The molecule has 0 radical (unpaired) electrons. The van der Waals surface area contributed by atoms with Crippen molar-refractivity contribution in [3.63, 3.8) is 0 Å². The molecule has 1 heterocycles. The van der Waals surface area contributed by atoms with Gasteiger partial charge in [-0.05, 0) is 44.2 Å². The van der Waals surface area contributed by atoms with Gasteiger partial charge in [0, 0.05) is 16.1 Å². The van der Waals surface area contributed by atoms with Gasteiger partial charge in [0.05, 0.1) is 16.1 Å². The Morgan fingerprint density at radius 3 is 2.44 bits per heavy atom. The van der Waals surface area contributed by atoms with Crippen LogP contribution in [0.25, 0.3) is 22.3 Å². The largest absolute Gasteiger partial charge is 0.455 e. The summed E-state index contributed by atoms with van der Waals surface area (Å²) in [6.07, 6.45) is -1.15. The number of esters is 1. The van der Waals surface area contributed by atoms with Crippen molar-refractivity contribution in [3.05, 3.63) is 98.1 Å². The average molecular weight is 496 g/mol. The Morgan fingerprint density at radius 2 is 1.74 bits per heavy atom. The maximum absolute atomic E-state index is 13.0. The van der Waals surface area contributed by atoms with Crippen LogP contribution >= 0.6 is 23.2 Å². The molecule has 0 aliphatic rings. The van der Waals surface area contributed by atoms with E-state index in [1.165, 1.54) is 19.1 Å². The molecule has 6 nitrogen and oxygen atoms in total. The number of amides is 1. The van der Waals surface area contributed by atoms with E-state index in [2.05, 4.69) is 5.32 Å². The fourth-order valence-corrected chi connectivity index (χ4v) is 3.89. The third-order valence-electron chi connectivity index (χ3n) is 5.24. The second-order valence-corrected chi connectivity index (χ2v) is 8.44. The average Bonchev–Trinajstić information content (AvgIpc) is 2.83. The molecule has 0 unspecified atom stereocenters. The summed E-state index contributed by atoms with van der Waals surface area (Å²) in [4.78, 5) is 38.5. The highest BCUT2D eigenvalue weighted by molar-refractivity contribution is 6.36. The number of benzene rings is 3. The zero-order valence-corrected chi connectivity index (χ0v) is 19.7. The fourth-order valence-electron chi connectivity index (χ4n) is 3.44. The normalized spacial score (nSPS) is 11.8. The molecule has 3 aromatic carbocycles. The molecule has 4 rings (SSSR count). The number of rotatable bonds is 5. The van der Waals surface area contributed by atoms with E-state index >= 15 is 0 Å². The molecule has 1 amide bonds. The highest BCUT2D eigenvalue weighted by Crippen LogP contribution is 2.28. The number of carbonyl (C=O) groups excluding carboxylic acids is 2. The van der Waals surface area contributed by atoms with Crippen LogP contribution in [0.3, 0.4) is 0 Å². The number of anilines is 1. The summed E-state index contributed by atoms with van der Waals surface area (Å²) in [5.41, 5.74) is 1.34. The van der Waals surface area contributed by atoms with Crippen LogP contribution in [-0.2, 0) is 9.53 Å². The van der Waals surface area contributed by atoms with Crippen molar-refractivity contribution in [2.75, 3.05) is 5.32 Å². The maximum Gasteiger partial charge on any atom is 0.342 e. The van der Waals surface area contributed by atoms with Crippen LogP contribution in [0.4, 0.5) is 5.69 Å². The molecule has 0 fully saturated rings. The van der Waals surface area contributed by atoms with E-state index in [9.17, 15) is 14.4 Å². The molecule has 172 valence electrons. The van der Waals surface area contributed by atoms with Crippen molar-refractivity contribution < 1.29 is 18.7 Å². The predicted octanol–water partition coefficient (Wildman–Crippen LogP) is 6.26. The van der Waals surface area contributed by atoms with Crippen molar-refractivity contribution in [2.45, 2.75) is 20.0 Å². The Kier molecular flexibility index (Phi) is 6.72. The molecular formula is C26H19Cl2NO5. The van der Waals surface area contributed by atoms with Crippen LogP contribution in [0.5, 0.6) is 0 Å². The van der Waals surface area contributed by atoms with Gasteiger partial charge in [0.25, 0.3) is 5.91 Å². The number of nitrogens with one attached hydrogen (secondary N) is 1. The molecule has 0 aliphatic carbocycles. The lowest BCUT2D eigenvalue weighted by molar-refractivity contribution is -0.123. The van der Waals surface area contributed by atoms with Gasteiger partial charge < -0.3 is 14.5 Å². The summed E-state index contributed by atoms with van der Waals surface area (Å²) in [5.74, 6) is -1.02. The summed E-state index contributed by atoms with van der Waals surface area (Å²) >= 11 is 12.0. The Hall–Kier alpha value is -3.61. The molecular weight excluding hydrogens is 477 g/mol. The molecule has 1 N–H and O–H groups in total. The van der Waals surface area contributed by atoms with Crippen molar-refractivity contribution in [3.8, 4) is 11.3 Å². The van der Waals surface area contributed by atoms with Crippen LogP contribution in [0.1, 0.15) is 22.8 Å². The number of para-hydroxylation sites is 1. The summed E-state index contributed by atoms with van der Waals surface area (Å²) < 4.78 is 11.4. The van der Waals surface area contributed by atoms with Crippen LogP contribution < -0.4 is 10.7 Å². The van der Waals surface area contributed by atoms with Gasteiger partial charge in [0.15, 0.2) is 17.1 Å². The molecule has 8 heteroatoms. The lowest BCUT2D eigenvalue weighted by Gasteiger charge is -2.15. The van der Waals surface area contributed by atoms with Crippen molar-refractivity contribution in [1.29, 1.82) is 0 Å². The molecule has 1 atom stereocenters. The van der Waals surface area contributed by atoms with E-state index in [4.69, 9.17) is 32.4 Å². The van der Waals surface area contributed by atoms with Gasteiger partial charge in [-0.3, -0.25) is 9.59 Å². The molecule has 0 spiro atoms. The molecule has 0 aliphatic heterocycles. The Bertz CT molecular complexity index is 1460. The van der Waals surface area contributed by atoms with Gasteiger partial charge in [-0.25, -0.2) is 4.79 Å². The van der Waals surface area contributed by atoms with Crippen LogP contribution in [0.15, 0.2) is 75.9 Å².